The molecule has 1 aliphatic rings. The number of guanidine groups is 1. The zero-order valence-electron chi connectivity index (χ0n) is 18.4. The minimum atomic E-state index is -0.477. The largest absolute Gasteiger partial charge is 0.469 e. The number of methoxy groups -OCH3 is 1. The third kappa shape index (κ3) is 8.80. The number of aliphatic imine (C=N–C) groups is 1. The molecule has 0 radical (unpaired) electrons. The highest BCUT2D eigenvalue weighted by Crippen LogP contribution is 2.20. The van der Waals surface area contributed by atoms with Crippen molar-refractivity contribution < 1.29 is 19.1 Å². The summed E-state index contributed by atoms with van der Waals surface area (Å²) in [5.41, 5.74) is -0.477. The number of rotatable bonds is 7. The molecule has 0 aromatic rings. The average molecular weight is 399 g/mol. The van der Waals surface area contributed by atoms with Crippen LogP contribution < -0.4 is 5.32 Å². The van der Waals surface area contributed by atoms with Crippen molar-refractivity contribution in [2.24, 2.45) is 10.9 Å². The maximum atomic E-state index is 12.3. The predicted octanol–water partition coefficient (Wildman–Crippen LogP) is 2.48. The van der Waals surface area contributed by atoms with Gasteiger partial charge in [0.15, 0.2) is 5.96 Å². The van der Waals surface area contributed by atoms with Gasteiger partial charge in [0.2, 0.25) is 0 Å². The first-order chi connectivity index (χ1) is 13.2. The van der Waals surface area contributed by atoms with Gasteiger partial charge in [-0.2, -0.15) is 0 Å². The highest BCUT2D eigenvalue weighted by molar-refractivity contribution is 5.80. The molecular weight excluding hydrogens is 360 g/mol. The normalized spacial score (nSPS) is 15.9. The molecular formula is C20H38N4O4. The smallest absolute Gasteiger partial charge is 0.410 e. The molecule has 0 aromatic heterocycles. The lowest BCUT2D eigenvalue weighted by atomic mass is 9.96. The molecule has 0 unspecified atom stereocenters. The number of esters is 1. The number of ether oxygens (including phenoxy) is 2. The summed E-state index contributed by atoms with van der Waals surface area (Å²) in [6.07, 6.45) is 2.01. The molecule has 1 saturated heterocycles. The van der Waals surface area contributed by atoms with E-state index in [9.17, 15) is 9.59 Å². The fourth-order valence-electron chi connectivity index (χ4n) is 3.08. The highest BCUT2D eigenvalue weighted by Gasteiger charge is 2.27. The molecule has 0 atom stereocenters. The molecule has 28 heavy (non-hydrogen) atoms. The van der Waals surface area contributed by atoms with Gasteiger partial charge in [0.1, 0.15) is 5.60 Å². The number of nitrogens with zero attached hydrogens (tertiary/aromatic N) is 3. The second-order valence-corrected chi connectivity index (χ2v) is 8.01. The molecule has 0 bridgehead atoms. The Hall–Kier alpha value is -1.99. The van der Waals surface area contributed by atoms with Crippen LogP contribution in [0.3, 0.4) is 0 Å². The summed E-state index contributed by atoms with van der Waals surface area (Å²) in [5.74, 6) is 1.03. The van der Waals surface area contributed by atoms with Crippen LogP contribution in [-0.2, 0) is 14.3 Å². The molecule has 0 spiro atoms. The summed E-state index contributed by atoms with van der Waals surface area (Å²) >= 11 is 0. The summed E-state index contributed by atoms with van der Waals surface area (Å²) in [6, 6.07) is 0. The fraction of sp³-hybridized carbons (Fsp3) is 0.850. The van der Waals surface area contributed by atoms with Gasteiger partial charge >= 0.3 is 12.1 Å². The van der Waals surface area contributed by atoms with Crippen molar-refractivity contribution in [1.29, 1.82) is 0 Å². The Balaban J connectivity index is 2.55. The molecule has 1 rings (SSSR count). The molecule has 1 heterocycles. The minimum Gasteiger partial charge on any atom is -0.469 e. The van der Waals surface area contributed by atoms with Gasteiger partial charge in [-0.3, -0.25) is 9.79 Å². The lowest BCUT2D eigenvalue weighted by Gasteiger charge is -2.36. The van der Waals surface area contributed by atoms with E-state index in [2.05, 4.69) is 19.9 Å². The predicted molar refractivity (Wildman–Crippen MR) is 110 cm³/mol. The van der Waals surface area contributed by atoms with E-state index in [1.54, 1.807) is 4.90 Å². The van der Waals surface area contributed by atoms with E-state index < -0.39 is 5.60 Å². The molecule has 0 saturated carbocycles. The van der Waals surface area contributed by atoms with E-state index in [1.807, 2.05) is 34.6 Å². The van der Waals surface area contributed by atoms with Gasteiger partial charge in [-0.05, 0) is 53.4 Å². The van der Waals surface area contributed by atoms with Gasteiger partial charge in [-0.15, -0.1) is 0 Å². The van der Waals surface area contributed by atoms with Gasteiger partial charge in [-0.1, -0.05) is 0 Å². The first-order valence-electron chi connectivity index (χ1n) is 10.3. The molecule has 1 fully saturated rings. The number of likely N-dealkylation sites (tertiary alicyclic amines) is 1. The van der Waals surface area contributed by atoms with Crippen LogP contribution in [0.15, 0.2) is 4.99 Å². The first kappa shape index (κ1) is 24.0. The van der Waals surface area contributed by atoms with Crippen molar-refractivity contribution >= 4 is 18.0 Å². The Morgan fingerprint density at radius 2 is 1.86 bits per heavy atom. The number of carbonyl (C=O) groups is 2. The summed E-state index contributed by atoms with van der Waals surface area (Å²) < 4.78 is 10.2. The number of hydrogen-bond acceptors (Lipinski definition) is 5. The van der Waals surface area contributed by atoms with Crippen molar-refractivity contribution in [3.8, 4) is 0 Å². The molecule has 8 heteroatoms. The zero-order valence-corrected chi connectivity index (χ0v) is 18.4. The van der Waals surface area contributed by atoms with E-state index in [-0.39, 0.29) is 18.5 Å². The van der Waals surface area contributed by atoms with Crippen molar-refractivity contribution in [3.05, 3.63) is 0 Å². The Kier molecular flexibility index (Phi) is 10.1. The lowest BCUT2D eigenvalue weighted by Crippen LogP contribution is -2.48. The highest BCUT2D eigenvalue weighted by atomic mass is 16.6. The van der Waals surface area contributed by atoms with Crippen LogP contribution in [0, 0.1) is 5.92 Å². The van der Waals surface area contributed by atoms with Gasteiger partial charge in [0, 0.05) is 32.7 Å². The Labute approximate surface area is 169 Å². The molecule has 0 aromatic carbocycles. The van der Waals surface area contributed by atoms with Gasteiger partial charge in [0.25, 0.3) is 0 Å². The van der Waals surface area contributed by atoms with Crippen molar-refractivity contribution in [2.45, 2.75) is 59.5 Å². The maximum Gasteiger partial charge on any atom is 0.410 e. The van der Waals surface area contributed by atoms with Gasteiger partial charge in [-0.25, -0.2) is 4.79 Å². The van der Waals surface area contributed by atoms with E-state index in [1.165, 1.54) is 7.11 Å². The van der Waals surface area contributed by atoms with Gasteiger partial charge < -0.3 is 24.6 Å². The van der Waals surface area contributed by atoms with Gasteiger partial charge in [0.05, 0.1) is 20.1 Å². The average Bonchev–Trinajstić information content (AvgIpc) is 2.64. The van der Waals surface area contributed by atoms with E-state index in [4.69, 9.17) is 4.74 Å². The van der Waals surface area contributed by atoms with Crippen LogP contribution in [-0.4, -0.2) is 79.8 Å². The van der Waals surface area contributed by atoms with Crippen LogP contribution in [0.4, 0.5) is 4.79 Å². The van der Waals surface area contributed by atoms with E-state index in [0.717, 1.165) is 45.0 Å². The fourth-order valence-corrected chi connectivity index (χ4v) is 3.08. The molecule has 1 amide bonds. The Morgan fingerprint density at radius 3 is 2.36 bits per heavy atom. The molecule has 1 N–H and O–H groups in total. The van der Waals surface area contributed by atoms with Crippen LogP contribution in [0.2, 0.25) is 0 Å². The van der Waals surface area contributed by atoms with Crippen molar-refractivity contribution in [3.63, 3.8) is 0 Å². The van der Waals surface area contributed by atoms with Crippen LogP contribution in [0.5, 0.6) is 0 Å². The number of nitrogens with one attached hydrogen (secondary N) is 1. The number of amides is 1. The Morgan fingerprint density at radius 1 is 1.21 bits per heavy atom. The van der Waals surface area contributed by atoms with Crippen molar-refractivity contribution in [1.82, 2.24) is 15.1 Å². The standard InChI is InChI=1S/C20H38N4O4/c1-7-21-18(22-12-9-17(25)27-6)24-13-10-16(11-14-24)15-23(8-2)19(26)28-20(3,4)5/h16H,7-15H2,1-6H3,(H,21,22). The number of piperidine rings is 1. The molecule has 1 aliphatic heterocycles. The van der Waals surface area contributed by atoms with Crippen LogP contribution >= 0.6 is 0 Å². The van der Waals surface area contributed by atoms with E-state index in [0.29, 0.717) is 19.0 Å². The van der Waals surface area contributed by atoms with Crippen LogP contribution in [0.1, 0.15) is 53.9 Å². The Bertz CT molecular complexity index is 523. The topological polar surface area (TPSA) is 83.5 Å². The second-order valence-electron chi connectivity index (χ2n) is 8.01. The first-order valence-corrected chi connectivity index (χ1v) is 10.3. The zero-order chi connectivity index (χ0) is 21.2. The third-order valence-corrected chi connectivity index (χ3v) is 4.57. The molecule has 8 nitrogen and oxygen atoms in total. The minimum absolute atomic E-state index is 0.241. The summed E-state index contributed by atoms with van der Waals surface area (Å²) in [5, 5.41) is 3.29. The summed E-state index contributed by atoms with van der Waals surface area (Å²) in [6.45, 7) is 14.0. The van der Waals surface area contributed by atoms with E-state index >= 15 is 0 Å². The van der Waals surface area contributed by atoms with Crippen molar-refractivity contribution in [2.75, 3.05) is 46.4 Å². The lowest BCUT2D eigenvalue weighted by molar-refractivity contribution is -0.140. The molecule has 0 aliphatic carbocycles. The SMILES string of the molecule is CCNC(=NCCC(=O)OC)N1CCC(CN(CC)C(=O)OC(C)(C)C)CC1. The number of carbonyl (C=O) groups excluding carboxylic acids is 2. The second kappa shape index (κ2) is 11.8. The molecule has 162 valence electrons. The monoisotopic (exact) mass is 398 g/mol. The maximum absolute atomic E-state index is 12.3. The van der Waals surface area contributed by atoms with Crippen LogP contribution in [0.25, 0.3) is 0 Å². The summed E-state index contributed by atoms with van der Waals surface area (Å²) in [7, 11) is 1.39. The quantitative estimate of drug-likeness (QED) is 0.403. The summed E-state index contributed by atoms with van der Waals surface area (Å²) in [4.78, 5) is 32.2. The number of hydrogen-bond donors (Lipinski definition) is 1. The third-order valence-electron chi connectivity index (χ3n) is 4.57.